The SMILES string of the molecule is CC(C)(C)[C@H]1COC(c2ccccc2P(c2ccccc2)c2ccccc2)=N1.FC(F)(F)c1cc([B-](c2cc(C(F)(F)F)cc(C(F)(F)F)c2)(c2cc(C(F)(F)F)cc(C(F)(F)F)c2)c2cc(C(F)(F)F)cc(C(F)(F)F)c2)cc(C(F)(F)F)c1.[Ir]. The summed E-state index contributed by atoms with van der Waals surface area (Å²) in [5.41, 5.74) is -29.0. The number of benzene rings is 7. The van der Waals surface area contributed by atoms with Gasteiger partial charge in [0.25, 0.3) is 0 Å². The molecule has 0 fully saturated rings. The molecule has 1 radical (unpaired) electrons. The molecule has 1 aliphatic rings. The van der Waals surface area contributed by atoms with Gasteiger partial charge in [-0.3, -0.25) is 0 Å². The number of alkyl halides is 24. The van der Waals surface area contributed by atoms with Crippen LogP contribution in [0, 0.1) is 5.41 Å². The molecular weight excluding hydrogens is 1400 g/mol. The van der Waals surface area contributed by atoms with Gasteiger partial charge in [0.2, 0.25) is 5.90 Å². The fraction of sp³-hybridized carbons (Fsp3) is 0.246. The minimum absolute atomic E-state index is 0. The van der Waals surface area contributed by atoms with Crippen molar-refractivity contribution in [3.8, 4) is 0 Å². The van der Waals surface area contributed by atoms with Crippen LogP contribution in [0.5, 0.6) is 0 Å². The van der Waals surface area contributed by atoms with Gasteiger partial charge in [-0.2, -0.15) is 127 Å². The van der Waals surface area contributed by atoms with Crippen LogP contribution in [0.4, 0.5) is 105 Å². The van der Waals surface area contributed by atoms with Crippen LogP contribution in [0.1, 0.15) is 70.8 Å². The van der Waals surface area contributed by atoms with E-state index in [-0.39, 0.29) is 31.6 Å². The molecule has 1 heterocycles. The largest absolute Gasteiger partial charge is 0.475 e. The van der Waals surface area contributed by atoms with Crippen LogP contribution in [0.3, 0.4) is 0 Å². The van der Waals surface area contributed by atoms with E-state index in [4.69, 9.17) is 9.73 Å². The molecule has 463 valence electrons. The Hall–Kier alpha value is -6.53. The number of ether oxygens (including phenoxy) is 1. The molecule has 0 saturated carbocycles. The van der Waals surface area contributed by atoms with Gasteiger partial charge >= 0.3 is 49.4 Å². The quantitative estimate of drug-likeness (QED) is 0.0844. The number of rotatable bonds is 8. The Balaban J connectivity index is 0.000000338. The molecule has 0 unspecified atom stereocenters. The van der Waals surface area contributed by atoms with E-state index in [1.165, 1.54) is 15.9 Å². The van der Waals surface area contributed by atoms with Crippen molar-refractivity contribution in [3.05, 3.63) is 208 Å². The van der Waals surface area contributed by atoms with Crippen LogP contribution in [0.15, 0.2) is 163 Å². The van der Waals surface area contributed by atoms with Crippen molar-refractivity contribution in [2.45, 2.75) is 76.2 Å². The first-order valence-corrected chi connectivity index (χ1v) is 25.7. The fourth-order valence-corrected chi connectivity index (χ4v) is 11.9. The number of aliphatic imine (C=N–C) groups is 1. The van der Waals surface area contributed by atoms with E-state index >= 15 is 0 Å². The first kappa shape index (κ1) is 68.6. The van der Waals surface area contributed by atoms with Crippen molar-refractivity contribution >= 4 is 57.7 Å². The van der Waals surface area contributed by atoms with E-state index in [2.05, 4.69) is 106 Å². The predicted octanol–water partition coefficient (Wildman–Crippen LogP) is 15.8. The zero-order valence-electron chi connectivity index (χ0n) is 43.6. The number of hydrogen-bond donors (Lipinski definition) is 0. The molecule has 0 bridgehead atoms. The molecule has 1 aliphatic heterocycles. The number of halogens is 24. The second-order valence-electron chi connectivity index (χ2n) is 20.4. The van der Waals surface area contributed by atoms with Crippen molar-refractivity contribution in [3.63, 3.8) is 0 Å². The maximum Gasteiger partial charge on any atom is 0.416 e. The first-order chi connectivity index (χ1) is 38.8. The van der Waals surface area contributed by atoms with Crippen LogP contribution >= 0.6 is 7.92 Å². The third-order valence-corrected chi connectivity index (χ3v) is 16.0. The van der Waals surface area contributed by atoms with Gasteiger partial charge in [-0.05, 0) is 59.6 Å². The molecule has 8 rings (SSSR count). The summed E-state index contributed by atoms with van der Waals surface area (Å²) >= 11 is 0. The average molecular weight is 1440 g/mol. The van der Waals surface area contributed by atoms with Crippen molar-refractivity contribution in [2.75, 3.05) is 6.61 Å². The molecule has 0 aliphatic carbocycles. The molecule has 7 aromatic rings. The molecule has 0 aromatic heterocycles. The van der Waals surface area contributed by atoms with Crippen LogP contribution in [-0.4, -0.2) is 24.7 Å². The standard InChI is InChI=1S/C32H12BF24.C25H26NOP.Ir/c34-25(35,36)13-1-14(26(37,38)39)6-21(5-13)33(22-7-15(27(40,41)42)2-16(8-22)28(43,44)45,23-9-17(29(46,47)48)3-18(10-23)30(49,50)51)24-11-19(31(52,53)54)4-20(12-24)32(55,56)57;1-25(2,3)23-18-27-24(26-23)21-16-10-11-17-22(21)28(19-12-6-4-7-13-19)20-14-8-5-9-15-20;/h1-12H;4-17,23H,18H2,1-3H3;/q-1;;/t;23-;/m.1./s1. The van der Waals surface area contributed by atoms with Crippen LogP contribution < -0.4 is 37.8 Å². The Morgan fingerprint density at radius 2 is 0.605 bits per heavy atom. The van der Waals surface area contributed by atoms with Crippen LogP contribution in [0.25, 0.3) is 0 Å². The summed E-state index contributed by atoms with van der Waals surface area (Å²) in [7, 11) is -0.686. The van der Waals surface area contributed by atoms with E-state index in [0.717, 1.165) is 11.5 Å². The Labute approximate surface area is 487 Å². The Bertz CT molecular complexity index is 3080. The zero-order valence-corrected chi connectivity index (χ0v) is 46.9. The molecule has 0 N–H and O–H groups in total. The maximum atomic E-state index is 14.2. The van der Waals surface area contributed by atoms with Crippen molar-refractivity contribution in [2.24, 2.45) is 10.4 Å². The van der Waals surface area contributed by atoms with E-state index in [0.29, 0.717) is 6.61 Å². The van der Waals surface area contributed by atoms with Crippen LogP contribution in [-0.2, 0) is 74.3 Å². The van der Waals surface area contributed by atoms with E-state index in [1.54, 1.807) is 0 Å². The van der Waals surface area contributed by atoms with Gasteiger partial charge in [0.05, 0.1) is 50.5 Å². The van der Waals surface area contributed by atoms with E-state index in [1.807, 2.05) is 0 Å². The molecule has 86 heavy (non-hydrogen) atoms. The Morgan fingerprint density at radius 3 is 0.837 bits per heavy atom. The summed E-state index contributed by atoms with van der Waals surface area (Å²) in [5.74, 6) is 0.787. The van der Waals surface area contributed by atoms with Gasteiger partial charge in [0, 0.05) is 25.7 Å². The van der Waals surface area contributed by atoms with Crippen molar-refractivity contribution in [1.29, 1.82) is 0 Å². The summed E-state index contributed by atoms with van der Waals surface area (Å²) in [6.45, 7) is 7.32. The van der Waals surface area contributed by atoms with E-state index < -0.39 is 203 Å². The number of hydrogen-bond acceptors (Lipinski definition) is 2. The van der Waals surface area contributed by atoms with Gasteiger partial charge in [-0.25, -0.2) is 4.99 Å². The molecular formula is C57H38BF24IrNOP-. The third-order valence-electron chi connectivity index (χ3n) is 13.5. The first-order valence-electron chi connectivity index (χ1n) is 24.4. The van der Waals surface area contributed by atoms with Crippen molar-refractivity contribution in [1.82, 2.24) is 0 Å². The van der Waals surface area contributed by atoms with Crippen molar-refractivity contribution < 1.29 is 130 Å². The second-order valence-corrected chi connectivity index (χ2v) is 22.6. The molecule has 1 atom stereocenters. The molecule has 7 aromatic carbocycles. The summed E-state index contributed by atoms with van der Waals surface area (Å²) in [5, 5.41) is 3.97. The predicted molar refractivity (Wildman–Crippen MR) is 271 cm³/mol. The Morgan fingerprint density at radius 1 is 0.360 bits per heavy atom. The smallest absolute Gasteiger partial charge is 0.416 e. The molecule has 2 nitrogen and oxygen atoms in total. The third kappa shape index (κ3) is 15.4. The van der Waals surface area contributed by atoms with E-state index in [9.17, 15) is 105 Å². The Kier molecular flexibility index (Phi) is 19.3. The fourth-order valence-electron chi connectivity index (χ4n) is 9.47. The van der Waals surface area contributed by atoms with Crippen LogP contribution in [0.2, 0.25) is 0 Å². The van der Waals surface area contributed by atoms with Gasteiger partial charge < -0.3 is 4.74 Å². The summed E-state index contributed by atoms with van der Waals surface area (Å²) in [6.07, 6.45) is -54.8. The normalized spacial score (nSPS) is 14.9. The zero-order chi connectivity index (χ0) is 63.5. The second kappa shape index (κ2) is 24.2. The molecule has 0 amide bonds. The molecule has 0 spiro atoms. The molecule has 0 saturated heterocycles. The summed E-state index contributed by atoms with van der Waals surface area (Å²) in [6, 6.07) is 21.5. The maximum absolute atomic E-state index is 14.2. The monoisotopic (exact) mass is 1440 g/mol. The molecule has 29 heteroatoms. The summed E-state index contributed by atoms with van der Waals surface area (Å²) in [4.78, 5) is 4.96. The number of nitrogens with zero attached hydrogens (tertiary/aromatic N) is 1. The summed E-state index contributed by atoms with van der Waals surface area (Å²) < 4.78 is 347. The topological polar surface area (TPSA) is 21.6 Å². The van der Waals surface area contributed by atoms with Gasteiger partial charge in [0.1, 0.15) is 12.8 Å². The minimum Gasteiger partial charge on any atom is -0.475 e. The average Bonchev–Trinajstić information content (AvgIpc) is 0.843. The van der Waals surface area contributed by atoms with Gasteiger partial charge in [-0.15, -0.1) is 0 Å². The minimum atomic E-state index is -6.13. The van der Waals surface area contributed by atoms with Gasteiger partial charge in [0.15, 0.2) is 0 Å². The van der Waals surface area contributed by atoms with Gasteiger partial charge in [-0.1, -0.05) is 148 Å².